The van der Waals surface area contributed by atoms with E-state index in [0.29, 0.717) is 11.5 Å². The van der Waals surface area contributed by atoms with Crippen molar-refractivity contribution in [3.05, 3.63) is 66.2 Å². The van der Waals surface area contributed by atoms with E-state index in [1.165, 1.54) is 42.5 Å². The van der Waals surface area contributed by atoms with Gasteiger partial charge in [0.05, 0.1) is 4.90 Å². The molecule has 28 heavy (non-hydrogen) atoms. The van der Waals surface area contributed by atoms with Gasteiger partial charge in [-0.25, -0.2) is 13.1 Å². The Morgan fingerprint density at radius 2 is 1.68 bits per heavy atom. The summed E-state index contributed by atoms with van der Waals surface area (Å²) in [4.78, 5) is 24.4. The molecule has 0 fully saturated rings. The number of sulfonamides is 1. The van der Waals surface area contributed by atoms with E-state index in [0.717, 1.165) is 0 Å². The maximum atomic E-state index is 12.3. The Morgan fingerprint density at radius 1 is 1.00 bits per heavy atom. The molecule has 0 spiro atoms. The number of hydrazine groups is 1. The molecule has 2 aromatic rings. The first-order chi connectivity index (χ1) is 13.4. The van der Waals surface area contributed by atoms with E-state index in [-0.39, 0.29) is 29.4 Å². The van der Waals surface area contributed by atoms with Crippen LogP contribution in [0.15, 0.2) is 60.0 Å². The minimum absolute atomic E-state index is 0.0599. The molecule has 3 rings (SSSR count). The number of carbonyl (C=O) groups is 2. The molecule has 1 heterocycles. The highest BCUT2D eigenvalue weighted by atomic mass is 32.2. The van der Waals surface area contributed by atoms with Gasteiger partial charge in [0.1, 0.15) is 0 Å². The Labute approximate surface area is 161 Å². The summed E-state index contributed by atoms with van der Waals surface area (Å²) in [7, 11) is -3.77. The summed E-state index contributed by atoms with van der Waals surface area (Å²) < 4.78 is 36.9. The Kier molecular flexibility index (Phi) is 5.62. The number of rotatable bonds is 6. The molecular formula is C18H17N3O6S. The number of nitrogens with one attached hydrogen (secondary N) is 3. The quantitative estimate of drug-likeness (QED) is 0.488. The number of benzene rings is 2. The second-order valence-corrected chi connectivity index (χ2v) is 7.41. The lowest BCUT2D eigenvalue weighted by molar-refractivity contribution is 0.0846. The Morgan fingerprint density at radius 3 is 2.39 bits per heavy atom. The maximum Gasteiger partial charge on any atom is 0.269 e. The molecule has 0 saturated carbocycles. The number of amides is 2. The first-order valence-electron chi connectivity index (χ1n) is 8.11. The van der Waals surface area contributed by atoms with Crippen molar-refractivity contribution < 1.29 is 27.5 Å². The smallest absolute Gasteiger partial charge is 0.269 e. The van der Waals surface area contributed by atoms with Gasteiger partial charge < -0.3 is 9.47 Å². The molecule has 3 N–H and O–H groups in total. The van der Waals surface area contributed by atoms with Gasteiger partial charge in [-0.3, -0.25) is 20.4 Å². The summed E-state index contributed by atoms with van der Waals surface area (Å²) in [6, 6.07) is 10.0. The van der Waals surface area contributed by atoms with E-state index in [2.05, 4.69) is 22.2 Å². The zero-order valence-corrected chi connectivity index (χ0v) is 15.4. The molecule has 0 unspecified atom stereocenters. The third-order valence-electron chi connectivity index (χ3n) is 3.75. The van der Waals surface area contributed by atoms with Gasteiger partial charge in [0, 0.05) is 17.7 Å². The second kappa shape index (κ2) is 8.11. The van der Waals surface area contributed by atoms with Crippen molar-refractivity contribution in [3.8, 4) is 11.5 Å². The Hall–Kier alpha value is -3.37. The summed E-state index contributed by atoms with van der Waals surface area (Å²) >= 11 is 0. The van der Waals surface area contributed by atoms with E-state index in [1.807, 2.05) is 0 Å². The van der Waals surface area contributed by atoms with Crippen molar-refractivity contribution in [2.24, 2.45) is 0 Å². The van der Waals surface area contributed by atoms with Crippen molar-refractivity contribution in [2.45, 2.75) is 4.90 Å². The van der Waals surface area contributed by atoms with Crippen molar-refractivity contribution in [2.75, 3.05) is 13.3 Å². The zero-order chi connectivity index (χ0) is 20.1. The van der Waals surface area contributed by atoms with Gasteiger partial charge >= 0.3 is 0 Å². The highest BCUT2D eigenvalue weighted by Gasteiger charge is 2.18. The summed E-state index contributed by atoms with van der Waals surface area (Å²) in [5, 5.41) is 0. The molecule has 9 nitrogen and oxygen atoms in total. The molecule has 2 amide bonds. The van der Waals surface area contributed by atoms with Gasteiger partial charge in [-0.05, 0) is 36.4 Å². The van der Waals surface area contributed by atoms with Crippen LogP contribution in [0.2, 0.25) is 0 Å². The third-order valence-corrected chi connectivity index (χ3v) is 5.17. The molecule has 1 aliphatic heterocycles. The monoisotopic (exact) mass is 403 g/mol. The standard InChI is InChI=1S/C18H17N3O6S/c1-2-8-19-28(24,25)14-5-3-4-12(9-14)17(22)20-21-18(23)13-6-7-15-16(10-13)27-11-26-15/h2-7,9-10,19H,1,8,11H2,(H,20,22)(H,21,23). The van der Waals surface area contributed by atoms with Crippen LogP contribution in [-0.2, 0) is 10.0 Å². The van der Waals surface area contributed by atoms with Crippen LogP contribution < -0.4 is 25.0 Å². The number of ether oxygens (including phenoxy) is 2. The summed E-state index contributed by atoms with van der Waals surface area (Å²) in [6.07, 6.45) is 1.40. The molecule has 0 bridgehead atoms. The molecule has 0 atom stereocenters. The fraction of sp³-hybridized carbons (Fsp3) is 0.111. The van der Waals surface area contributed by atoms with E-state index in [4.69, 9.17) is 9.47 Å². The average Bonchev–Trinajstić information content (AvgIpc) is 3.18. The fourth-order valence-corrected chi connectivity index (χ4v) is 3.40. The average molecular weight is 403 g/mol. The van der Waals surface area contributed by atoms with Crippen LogP contribution in [0.1, 0.15) is 20.7 Å². The lowest BCUT2D eigenvalue weighted by Gasteiger charge is -2.09. The summed E-state index contributed by atoms with van der Waals surface area (Å²) in [6.45, 7) is 3.58. The highest BCUT2D eigenvalue weighted by molar-refractivity contribution is 7.89. The van der Waals surface area contributed by atoms with Crippen molar-refractivity contribution in [1.82, 2.24) is 15.6 Å². The third kappa shape index (κ3) is 4.30. The molecule has 0 saturated heterocycles. The van der Waals surface area contributed by atoms with E-state index in [9.17, 15) is 18.0 Å². The van der Waals surface area contributed by atoms with Crippen LogP contribution in [0.5, 0.6) is 11.5 Å². The lowest BCUT2D eigenvalue weighted by Crippen LogP contribution is -2.41. The maximum absolute atomic E-state index is 12.3. The fourth-order valence-electron chi connectivity index (χ4n) is 2.35. The van der Waals surface area contributed by atoms with E-state index in [1.54, 1.807) is 6.07 Å². The Bertz CT molecular complexity index is 1040. The van der Waals surface area contributed by atoms with Gasteiger partial charge in [0.15, 0.2) is 11.5 Å². The summed E-state index contributed by atoms with van der Waals surface area (Å²) in [5.41, 5.74) is 4.83. The minimum Gasteiger partial charge on any atom is -0.454 e. The van der Waals surface area contributed by atoms with Gasteiger partial charge in [-0.2, -0.15) is 0 Å². The zero-order valence-electron chi connectivity index (χ0n) is 14.6. The van der Waals surface area contributed by atoms with Crippen molar-refractivity contribution >= 4 is 21.8 Å². The predicted molar refractivity (Wildman–Crippen MR) is 99.3 cm³/mol. The van der Waals surface area contributed by atoms with Crippen LogP contribution in [0.25, 0.3) is 0 Å². The number of hydrogen-bond acceptors (Lipinski definition) is 6. The molecule has 0 aliphatic carbocycles. The minimum atomic E-state index is -3.77. The highest BCUT2D eigenvalue weighted by Crippen LogP contribution is 2.32. The largest absolute Gasteiger partial charge is 0.454 e. The number of fused-ring (bicyclic) bond motifs is 1. The molecular weight excluding hydrogens is 386 g/mol. The SMILES string of the molecule is C=CCNS(=O)(=O)c1cccc(C(=O)NNC(=O)c2ccc3c(c2)OCO3)c1. The summed E-state index contributed by atoms with van der Waals surface area (Å²) in [5.74, 6) is -0.273. The molecule has 1 aliphatic rings. The van der Waals surface area contributed by atoms with E-state index < -0.39 is 21.8 Å². The molecule has 146 valence electrons. The van der Waals surface area contributed by atoms with Gasteiger partial charge in [0.25, 0.3) is 11.8 Å². The second-order valence-electron chi connectivity index (χ2n) is 5.64. The van der Waals surface area contributed by atoms with Gasteiger partial charge in [-0.15, -0.1) is 6.58 Å². The Balaban J connectivity index is 1.66. The van der Waals surface area contributed by atoms with Gasteiger partial charge in [-0.1, -0.05) is 12.1 Å². The number of hydrogen-bond donors (Lipinski definition) is 3. The van der Waals surface area contributed by atoms with Crippen LogP contribution in [0.4, 0.5) is 0 Å². The molecule has 0 aromatic heterocycles. The topological polar surface area (TPSA) is 123 Å². The normalized spacial score (nSPS) is 12.3. The first-order valence-corrected chi connectivity index (χ1v) is 9.60. The van der Waals surface area contributed by atoms with E-state index >= 15 is 0 Å². The van der Waals surface area contributed by atoms with Crippen molar-refractivity contribution in [3.63, 3.8) is 0 Å². The molecule has 10 heteroatoms. The van der Waals surface area contributed by atoms with Crippen LogP contribution in [0, 0.1) is 0 Å². The van der Waals surface area contributed by atoms with Gasteiger partial charge in [0.2, 0.25) is 16.8 Å². The molecule has 0 radical (unpaired) electrons. The van der Waals surface area contributed by atoms with Crippen molar-refractivity contribution in [1.29, 1.82) is 0 Å². The first kappa shape index (κ1) is 19.4. The van der Waals surface area contributed by atoms with Crippen LogP contribution in [-0.4, -0.2) is 33.6 Å². The van der Waals surface area contributed by atoms with Crippen LogP contribution in [0.3, 0.4) is 0 Å². The number of carbonyl (C=O) groups excluding carboxylic acids is 2. The molecule has 2 aromatic carbocycles. The lowest BCUT2D eigenvalue weighted by atomic mass is 10.2. The van der Waals surface area contributed by atoms with Crippen LogP contribution >= 0.6 is 0 Å². The predicted octanol–water partition coefficient (Wildman–Crippen LogP) is 0.954.